The van der Waals surface area contributed by atoms with Gasteiger partial charge in [-0.25, -0.2) is 0 Å². The largest absolute Gasteiger partial charge is 0.0979 e. The molecule has 1 unspecified atom stereocenters. The van der Waals surface area contributed by atoms with E-state index in [1.165, 1.54) is 24.0 Å². The van der Waals surface area contributed by atoms with E-state index in [1.807, 2.05) is 6.08 Å². The van der Waals surface area contributed by atoms with Crippen LogP contribution in [0, 0.1) is 5.92 Å². The highest BCUT2D eigenvalue weighted by Crippen LogP contribution is 2.32. The zero-order valence-corrected chi connectivity index (χ0v) is 9.32. The van der Waals surface area contributed by atoms with Crippen molar-refractivity contribution >= 4 is 15.9 Å². The van der Waals surface area contributed by atoms with E-state index in [1.54, 1.807) is 0 Å². The van der Waals surface area contributed by atoms with Crippen molar-refractivity contribution in [2.75, 3.05) is 0 Å². The first-order valence-corrected chi connectivity index (χ1v) is 5.13. The van der Waals surface area contributed by atoms with E-state index in [0.717, 1.165) is 10.4 Å². The first kappa shape index (κ1) is 9.79. The predicted molar refractivity (Wildman–Crippen MR) is 58.3 cm³/mol. The molecule has 0 nitrogen and oxygen atoms in total. The van der Waals surface area contributed by atoms with E-state index in [0.29, 0.717) is 0 Å². The number of allylic oxidation sites excluding steroid dienone is 5. The molecule has 1 aliphatic carbocycles. The lowest BCUT2D eigenvalue weighted by Gasteiger charge is -2.01. The smallest absolute Gasteiger partial charge is 0.0172 e. The third-order valence-corrected chi connectivity index (χ3v) is 3.15. The molecule has 0 fully saturated rings. The summed E-state index contributed by atoms with van der Waals surface area (Å²) in [5.41, 5.74) is 3.02. The van der Waals surface area contributed by atoms with E-state index < -0.39 is 0 Å². The van der Waals surface area contributed by atoms with Crippen LogP contribution in [-0.4, -0.2) is 0 Å². The summed E-state index contributed by atoms with van der Waals surface area (Å²) in [7, 11) is 0. The Labute approximate surface area is 83.2 Å². The Bertz CT molecular complexity index is 246. The van der Waals surface area contributed by atoms with Crippen molar-refractivity contribution in [3.8, 4) is 0 Å². The Hall–Kier alpha value is -0.300. The molecule has 0 heterocycles. The molecule has 1 rings (SSSR count). The molecular formula is C11H15Br. The summed E-state index contributed by atoms with van der Waals surface area (Å²) in [6.45, 7) is 8.23. The van der Waals surface area contributed by atoms with Gasteiger partial charge in [-0.2, -0.15) is 0 Å². The molecule has 0 aliphatic heterocycles. The molecule has 0 aromatic rings. The molecule has 0 aromatic heterocycles. The van der Waals surface area contributed by atoms with Crippen LogP contribution in [0.4, 0.5) is 0 Å². The average Bonchev–Trinajstić information content (AvgIpc) is 2.36. The SMILES string of the molecule is C=C/C(Br)=C\C1=C(C)C(C)CC1. The Balaban J connectivity index is 2.83. The maximum atomic E-state index is 3.71. The van der Waals surface area contributed by atoms with Crippen molar-refractivity contribution in [1.82, 2.24) is 0 Å². The minimum absolute atomic E-state index is 0.765. The van der Waals surface area contributed by atoms with E-state index in [-0.39, 0.29) is 0 Å². The van der Waals surface area contributed by atoms with Gasteiger partial charge in [-0.15, -0.1) is 0 Å². The molecule has 0 spiro atoms. The molecular weight excluding hydrogens is 212 g/mol. The maximum absolute atomic E-state index is 3.71. The van der Waals surface area contributed by atoms with Crippen LogP contribution in [0.2, 0.25) is 0 Å². The molecule has 66 valence electrons. The number of hydrogen-bond donors (Lipinski definition) is 0. The van der Waals surface area contributed by atoms with Crippen LogP contribution in [0.25, 0.3) is 0 Å². The Morgan fingerprint density at radius 3 is 2.75 bits per heavy atom. The van der Waals surface area contributed by atoms with Gasteiger partial charge in [-0.3, -0.25) is 0 Å². The lowest BCUT2D eigenvalue weighted by molar-refractivity contribution is 0.669. The van der Waals surface area contributed by atoms with Gasteiger partial charge < -0.3 is 0 Å². The van der Waals surface area contributed by atoms with Crippen LogP contribution in [0.15, 0.2) is 34.4 Å². The molecule has 0 aromatic carbocycles. The monoisotopic (exact) mass is 226 g/mol. The number of hydrogen-bond acceptors (Lipinski definition) is 0. The van der Waals surface area contributed by atoms with Gasteiger partial charge in [0, 0.05) is 4.48 Å². The van der Waals surface area contributed by atoms with Gasteiger partial charge >= 0.3 is 0 Å². The molecule has 0 saturated carbocycles. The summed E-state index contributed by atoms with van der Waals surface area (Å²) in [6.07, 6.45) is 6.54. The molecule has 0 N–H and O–H groups in total. The van der Waals surface area contributed by atoms with Gasteiger partial charge in [0.1, 0.15) is 0 Å². The van der Waals surface area contributed by atoms with Crippen LogP contribution in [0.5, 0.6) is 0 Å². The van der Waals surface area contributed by atoms with Gasteiger partial charge in [0.2, 0.25) is 0 Å². The highest BCUT2D eigenvalue weighted by Gasteiger charge is 2.16. The normalized spacial score (nSPS) is 24.9. The van der Waals surface area contributed by atoms with Gasteiger partial charge in [-0.1, -0.05) is 41.1 Å². The minimum atomic E-state index is 0.765. The van der Waals surface area contributed by atoms with Gasteiger partial charge in [0.25, 0.3) is 0 Å². The summed E-state index contributed by atoms with van der Waals surface area (Å²) >= 11 is 3.44. The van der Waals surface area contributed by atoms with E-state index in [2.05, 4.69) is 42.4 Å². The van der Waals surface area contributed by atoms with Crippen LogP contribution in [0.3, 0.4) is 0 Å². The fraction of sp³-hybridized carbons (Fsp3) is 0.455. The second-order valence-corrected chi connectivity index (χ2v) is 4.30. The van der Waals surface area contributed by atoms with Crippen LogP contribution >= 0.6 is 15.9 Å². The van der Waals surface area contributed by atoms with Crippen molar-refractivity contribution in [2.24, 2.45) is 5.92 Å². The molecule has 12 heavy (non-hydrogen) atoms. The Morgan fingerprint density at radius 1 is 1.67 bits per heavy atom. The zero-order valence-electron chi connectivity index (χ0n) is 7.73. The summed E-state index contributed by atoms with van der Waals surface area (Å²) in [6, 6.07) is 0. The molecule has 1 aliphatic rings. The first-order chi connectivity index (χ1) is 5.65. The Kier molecular flexibility index (Phi) is 3.33. The van der Waals surface area contributed by atoms with E-state index in [4.69, 9.17) is 0 Å². The van der Waals surface area contributed by atoms with Crippen molar-refractivity contribution in [3.05, 3.63) is 34.4 Å². The fourth-order valence-electron chi connectivity index (χ4n) is 1.51. The van der Waals surface area contributed by atoms with Crippen LogP contribution < -0.4 is 0 Å². The highest BCUT2D eigenvalue weighted by molar-refractivity contribution is 9.11. The van der Waals surface area contributed by atoms with Crippen LogP contribution in [-0.2, 0) is 0 Å². The molecule has 0 amide bonds. The van der Waals surface area contributed by atoms with Crippen molar-refractivity contribution in [2.45, 2.75) is 26.7 Å². The lowest BCUT2D eigenvalue weighted by atomic mass is 10.1. The zero-order chi connectivity index (χ0) is 9.14. The molecule has 0 radical (unpaired) electrons. The molecule has 0 bridgehead atoms. The second kappa shape index (κ2) is 4.08. The molecule has 1 atom stereocenters. The van der Waals surface area contributed by atoms with E-state index >= 15 is 0 Å². The maximum Gasteiger partial charge on any atom is 0.0172 e. The highest BCUT2D eigenvalue weighted by atomic mass is 79.9. The van der Waals surface area contributed by atoms with E-state index in [9.17, 15) is 0 Å². The van der Waals surface area contributed by atoms with Gasteiger partial charge in [0.15, 0.2) is 0 Å². The first-order valence-electron chi connectivity index (χ1n) is 4.34. The van der Waals surface area contributed by atoms with Crippen molar-refractivity contribution in [3.63, 3.8) is 0 Å². The minimum Gasteiger partial charge on any atom is -0.0979 e. The number of halogens is 1. The summed E-state index contributed by atoms with van der Waals surface area (Å²) in [5, 5.41) is 0. The summed E-state index contributed by atoms with van der Waals surface area (Å²) in [4.78, 5) is 0. The molecule has 0 saturated heterocycles. The van der Waals surface area contributed by atoms with Gasteiger partial charge in [-0.05, 0) is 37.3 Å². The molecule has 1 heteroatoms. The lowest BCUT2D eigenvalue weighted by Crippen LogP contribution is -1.86. The van der Waals surface area contributed by atoms with Crippen molar-refractivity contribution in [1.29, 1.82) is 0 Å². The third kappa shape index (κ3) is 2.10. The third-order valence-electron chi connectivity index (χ3n) is 2.60. The quantitative estimate of drug-likeness (QED) is 0.620. The topological polar surface area (TPSA) is 0 Å². The number of rotatable bonds is 2. The average molecular weight is 227 g/mol. The summed E-state index contributed by atoms with van der Waals surface area (Å²) in [5.74, 6) is 0.765. The fourth-order valence-corrected chi connectivity index (χ4v) is 1.79. The second-order valence-electron chi connectivity index (χ2n) is 3.38. The van der Waals surface area contributed by atoms with Gasteiger partial charge in [0.05, 0.1) is 0 Å². The Morgan fingerprint density at radius 2 is 2.33 bits per heavy atom. The summed E-state index contributed by atoms with van der Waals surface area (Å²) < 4.78 is 1.09. The van der Waals surface area contributed by atoms with Crippen molar-refractivity contribution < 1.29 is 0 Å². The predicted octanol–water partition coefficient (Wildman–Crippen LogP) is 4.20. The standard InChI is InChI=1S/C11H15Br/c1-4-11(12)7-10-6-5-8(2)9(10)3/h4,7-8H,1,5-6H2,2-3H3/b11-7+. The van der Waals surface area contributed by atoms with Crippen LogP contribution in [0.1, 0.15) is 26.7 Å².